The zero-order chi connectivity index (χ0) is 48.2. The van der Waals surface area contributed by atoms with Crippen molar-refractivity contribution in [3.8, 4) is 67.0 Å². The van der Waals surface area contributed by atoms with Crippen molar-refractivity contribution in [1.82, 2.24) is 9.97 Å². The van der Waals surface area contributed by atoms with Crippen LogP contribution in [-0.2, 0) is 5.41 Å². The molecule has 0 unspecified atom stereocenters. The third-order valence-electron chi connectivity index (χ3n) is 16.2. The molecule has 10 aromatic carbocycles. The van der Waals surface area contributed by atoms with Gasteiger partial charge in [0, 0.05) is 83.7 Å². The Hall–Kier alpha value is -9.84. The van der Waals surface area contributed by atoms with Gasteiger partial charge in [-0.05, 0) is 92.2 Å². The van der Waals surface area contributed by atoms with Crippen molar-refractivity contribution in [3.63, 3.8) is 0 Å². The molecule has 0 N–H and O–H groups in total. The monoisotopic (exact) mass is 942 g/mol. The predicted octanol–water partition coefficient (Wildman–Crippen LogP) is 18.3. The van der Waals surface area contributed by atoms with Crippen LogP contribution in [0.2, 0.25) is 0 Å². The topological polar surface area (TPSA) is 65.2 Å². The molecule has 17 rings (SSSR count). The highest BCUT2D eigenvalue weighted by atomic mass is 16.3. The van der Waals surface area contributed by atoms with Crippen molar-refractivity contribution in [1.29, 1.82) is 0 Å². The molecule has 0 amide bonds. The summed E-state index contributed by atoms with van der Waals surface area (Å²) in [6.07, 6.45) is 4.00. The minimum Gasteiger partial charge on any atom is -0.455 e. The summed E-state index contributed by atoms with van der Waals surface area (Å²) in [4.78, 5) is 10.7. The molecule has 1 spiro atoms. The van der Waals surface area contributed by atoms with Gasteiger partial charge in [0.2, 0.25) is 0 Å². The summed E-state index contributed by atoms with van der Waals surface area (Å²) in [6, 6.07) is 78.1. The van der Waals surface area contributed by atoms with E-state index in [9.17, 15) is 0 Å². The van der Waals surface area contributed by atoms with Crippen LogP contribution in [-0.4, -0.2) is 9.97 Å². The highest BCUT2D eigenvalue weighted by Crippen LogP contribution is 2.66. The van der Waals surface area contributed by atoms with E-state index in [0.29, 0.717) is 0 Å². The smallest absolute Gasteiger partial charge is 0.144 e. The summed E-state index contributed by atoms with van der Waals surface area (Å²) in [5.74, 6) is 0. The lowest BCUT2D eigenvalue weighted by molar-refractivity contribution is 0.669. The van der Waals surface area contributed by atoms with Crippen LogP contribution in [0, 0.1) is 0 Å². The third kappa shape index (κ3) is 5.17. The first-order valence-electron chi connectivity index (χ1n) is 25.2. The summed E-state index contributed by atoms with van der Waals surface area (Å²) in [6.45, 7) is 0. The molecule has 0 saturated carbocycles. The third-order valence-corrected chi connectivity index (χ3v) is 16.2. The molecule has 5 aromatic heterocycles. The molecule has 5 heteroatoms. The molecular weight excluding hydrogens is 905 g/mol. The van der Waals surface area contributed by atoms with Crippen LogP contribution in [0.15, 0.2) is 244 Å². The Morgan fingerprint density at radius 1 is 0.284 bits per heavy atom. The number of aromatic nitrogens is 2. The Morgan fingerprint density at radius 2 is 0.716 bits per heavy atom. The summed E-state index contributed by atoms with van der Waals surface area (Å²) < 4.78 is 20.3. The van der Waals surface area contributed by atoms with Gasteiger partial charge in [0.25, 0.3) is 0 Å². The highest BCUT2D eigenvalue weighted by molar-refractivity contribution is 6.22. The summed E-state index contributed by atoms with van der Waals surface area (Å²) in [5.41, 5.74) is 21.9. The first-order valence-corrected chi connectivity index (χ1v) is 25.2. The second kappa shape index (κ2) is 14.6. The zero-order valence-corrected chi connectivity index (χ0v) is 39.6. The average molecular weight is 943 g/mol. The number of nitrogens with zero attached hydrogens (tertiary/aromatic N) is 2. The lowest BCUT2D eigenvalue weighted by atomic mass is 9.69. The molecule has 0 radical (unpaired) electrons. The molecule has 0 saturated heterocycles. The fraction of sp³-hybridized carbons (Fsp3) is 0.0145. The van der Waals surface area contributed by atoms with E-state index in [1.54, 1.807) is 0 Å². The molecule has 5 heterocycles. The molecule has 15 aromatic rings. The summed E-state index contributed by atoms with van der Waals surface area (Å²) in [5, 5.41) is 8.78. The number of benzene rings is 10. The van der Waals surface area contributed by atoms with Gasteiger partial charge in [-0.1, -0.05) is 176 Å². The maximum absolute atomic E-state index is 7.27. The molecule has 2 aliphatic carbocycles. The predicted molar refractivity (Wildman–Crippen MR) is 299 cm³/mol. The molecule has 2 aliphatic rings. The van der Waals surface area contributed by atoms with E-state index in [1.165, 1.54) is 38.9 Å². The minimum absolute atomic E-state index is 0.716. The van der Waals surface area contributed by atoms with Crippen molar-refractivity contribution in [2.45, 2.75) is 5.41 Å². The molecular formula is C69H38N2O3. The fourth-order valence-corrected chi connectivity index (χ4v) is 13.1. The van der Waals surface area contributed by atoms with Gasteiger partial charge in [-0.2, -0.15) is 0 Å². The molecule has 342 valence electrons. The van der Waals surface area contributed by atoms with Crippen molar-refractivity contribution in [2.75, 3.05) is 0 Å². The van der Waals surface area contributed by atoms with Crippen LogP contribution in [0.25, 0.3) is 144 Å². The molecule has 0 fully saturated rings. The first kappa shape index (κ1) is 39.8. The molecule has 74 heavy (non-hydrogen) atoms. The number of hydrogen-bond acceptors (Lipinski definition) is 5. The molecule has 0 atom stereocenters. The first-order chi connectivity index (χ1) is 36.7. The number of fused-ring (bicyclic) bond motifs is 22. The normalized spacial score (nSPS) is 13.2. The van der Waals surface area contributed by atoms with Gasteiger partial charge < -0.3 is 13.3 Å². The second-order valence-corrected chi connectivity index (χ2v) is 19.8. The maximum atomic E-state index is 7.27. The van der Waals surface area contributed by atoms with Gasteiger partial charge in [0.05, 0.1) is 16.8 Å². The lowest BCUT2D eigenvalue weighted by Gasteiger charge is -2.31. The van der Waals surface area contributed by atoms with Gasteiger partial charge in [0.15, 0.2) is 0 Å². The molecule has 5 nitrogen and oxygen atoms in total. The SMILES string of the molecule is c1ccc2c(c1)-c1ccccc1C21c2cc(-c3ccc(-c4cccc5c4oc4ccccc45)cn3)c3ccccc3c2-c2c1cc(-c1ccc(-c3cccc4c3oc3ccccc34)cn1)c1c2oc2ccccc21. The van der Waals surface area contributed by atoms with Crippen LogP contribution in [0.1, 0.15) is 22.3 Å². The fourth-order valence-electron chi connectivity index (χ4n) is 13.1. The van der Waals surface area contributed by atoms with E-state index >= 15 is 0 Å². The number of para-hydroxylation sites is 5. The van der Waals surface area contributed by atoms with Crippen molar-refractivity contribution >= 4 is 76.6 Å². The van der Waals surface area contributed by atoms with E-state index in [0.717, 1.165) is 127 Å². The molecule has 0 bridgehead atoms. The van der Waals surface area contributed by atoms with Gasteiger partial charge >= 0.3 is 0 Å². The Balaban J connectivity index is 0.922. The van der Waals surface area contributed by atoms with Crippen LogP contribution >= 0.6 is 0 Å². The number of pyridine rings is 2. The standard InChI is InChI=1S/C69H38N2O3/c1-2-20-48-43(15-1)52(58-33-31-39(37-70-58)41-22-13-24-49-46-18-5-10-28-60(46)72-66(41)49)35-56-64(48)65-57(69(56)54-26-8-3-16-44(54)45-17-4-9-27-55(45)69)36-53(63-51-21-7-12-30-62(51)74-68(63)65)59-34-32-40(38-71-59)42-23-14-25-50-47-19-6-11-29-61(47)73-67(42)50/h1-38H. The van der Waals surface area contributed by atoms with Gasteiger partial charge in [0.1, 0.15) is 33.5 Å². The van der Waals surface area contributed by atoms with Gasteiger partial charge in [-0.3, -0.25) is 9.97 Å². The van der Waals surface area contributed by atoms with Crippen LogP contribution in [0.3, 0.4) is 0 Å². The van der Waals surface area contributed by atoms with Crippen molar-refractivity contribution in [2.24, 2.45) is 0 Å². The van der Waals surface area contributed by atoms with Crippen LogP contribution in [0.5, 0.6) is 0 Å². The Kier molecular flexibility index (Phi) is 7.87. The quantitative estimate of drug-likeness (QED) is 0.176. The van der Waals surface area contributed by atoms with Crippen molar-refractivity contribution < 1.29 is 13.3 Å². The van der Waals surface area contributed by atoms with Gasteiger partial charge in [-0.15, -0.1) is 0 Å². The largest absolute Gasteiger partial charge is 0.455 e. The second-order valence-electron chi connectivity index (χ2n) is 19.8. The zero-order valence-electron chi connectivity index (χ0n) is 39.6. The van der Waals surface area contributed by atoms with Gasteiger partial charge in [-0.25, -0.2) is 0 Å². The lowest BCUT2D eigenvalue weighted by Crippen LogP contribution is -2.26. The van der Waals surface area contributed by atoms with Crippen LogP contribution in [0.4, 0.5) is 0 Å². The Bertz CT molecular complexity index is 4850. The van der Waals surface area contributed by atoms with Crippen LogP contribution < -0.4 is 0 Å². The van der Waals surface area contributed by atoms with E-state index in [-0.39, 0.29) is 0 Å². The van der Waals surface area contributed by atoms with E-state index in [4.69, 9.17) is 23.2 Å². The van der Waals surface area contributed by atoms with E-state index < -0.39 is 5.41 Å². The summed E-state index contributed by atoms with van der Waals surface area (Å²) in [7, 11) is 0. The van der Waals surface area contributed by atoms with E-state index in [2.05, 4.69) is 194 Å². The summed E-state index contributed by atoms with van der Waals surface area (Å²) >= 11 is 0. The number of rotatable bonds is 4. The highest BCUT2D eigenvalue weighted by Gasteiger charge is 2.53. The molecule has 0 aliphatic heterocycles. The Labute approximate surface area is 423 Å². The number of hydrogen-bond donors (Lipinski definition) is 0. The average Bonchev–Trinajstić information content (AvgIpc) is 4.31. The maximum Gasteiger partial charge on any atom is 0.144 e. The minimum atomic E-state index is -0.716. The van der Waals surface area contributed by atoms with E-state index in [1.807, 2.05) is 36.7 Å². The van der Waals surface area contributed by atoms with Crippen molar-refractivity contribution in [3.05, 3.63) is 253 Å². The Morgan fingerprint density at radius 3 is 1.30 bits per heavy atom. The number of furan rings is 3.